The first-order valence-electron chi connectivity index (χ1n) is 12.1. The van der Waals surface area contributed by atoms with E-state index < -0.39 is 18.4 Å². The number of carbonyl (C=O) groups is 2. The molecule has 9 heteroatoms. The van der Waals surface area contributed by atoms with Gasteiger partial charge in [-0.15, -0.1) is 0 Å². The van der Waals surface area contributed by atoms with Gasteiger partial charge in [-0.2, -0.15) is 0 Å². The maximum Gasteiger partial charge on any atom is 0.338 e. The molecule has 5 aromatic rings. The fourth-order valence-electron chi connectivity index (χ4n) is 4.05. The minimum atomic E-state index is -0.665. The highest BCUT2D eigenvalue weighted by molar-refractivity contribution is 6.42. The van der Waals surface area contributed by atoms with Crippen LogP contribution in [0.5, 0.6) is 11.5 Å². The van der Waals surface area contributed by atoms with Gasteiger partial charge in [0.1, 0.15) is 11.5 Å². The van der Waals surface area contributed by atoms with Crippen molar-refractivity contribution in [1.82, 2.24) is 9.97 Å². The van der Waals surface area contributed by atoms with Gasteiger partial charge >= 0.3 is 5.97 Å². The number of benzene rings is 4. The minimum Gasteiger partial charge on any atom is -0.497 e. The van der Waals surface area contributed by atoms with Crippen molar-refractivity contribution in [3.8, 4) is 34.0 Å². The summed E-state index contributed by atoms with van der Waals surface area (Å²) in [4.78, 5) is 35.1. The largest absolute Gasteiger partial charge is 0.497 e. The number of ether oxygens (including phenoxy) is 3. The van der Waals surface area contributed by atoms with Gasteiger partial charge in [-0.1, -0.05) is 23.2 Å². The standard InChI is InChI=1S/C31H22Cl2N2O5/c1-38-22-9-3-18(4-10-22)29-30(19-5-11-23(39-2)12-6-19)35-27-16-21(8-14-26(27)34-29)31(37)40-17-28(36)20-7-13-24(32)25(33)15-20/h3-16H,17H2,1-2H3. The quantitative estimate of drug-likeness (QED) is 0.142. The van der Waals surface area contributed by atoms with E-state index >= 15 is 0 Å². The van der Waals surface area contributed by atoms with E-state index in [1.54, 1.807) is 32.4 Å². The molecule has 0 aliphatic rings. The van der Waals surface area contributed by atoms with Crippen LogP contribution in [0.3, 0.4) is 0 Å². The van der Waals surface area contributed by atoms with Crippen LogP contribution in [0.2, 0.25) is 10.0 Å². The summed E-state index contributed by atoms with van der Waals surface area (Å²) in [6.45, 7) is -0.450. The summed E-state index contributed by atoms with van der Waals surface area (Å²) >= 11 is 11.9. The van der Waals surface area contributed by atoms with Crippen LogP contribution in [0, 0.1) is 0 Å². The van der Waals surface area contributed by atoms with E-state index in [0.29, 0.717) is 38.8 Å². The summed E-state index contributed by atoms with van der Waals surface area (Å²) in [6.07, 6.45) is 0. The molecule has 0 spiro atoms. The van der Waals surface area contributed by atoms with Gasteiger partial charge in [-0.3, -0.25) is 4.79 Å². The highest BCUT2D eigenvalue weighted by atomic mass is 35.5. The Morgan fingerprint density at radius 1 is 0.650 bits per heavy atom. The third kappa shape index (κ3) is 5.76. The molecular formula is C31H22Cl2N2O5. The molecule has 4 aromatic carbocycles. The van der Waals surface area contributed by atoms with Crippen LogP contribution in [-0.4, -0.2) is 42.5 Å². The number of hydrogen-bond donors (Lipinski definition) is 0. The van der Waals surface area contributed by atoms with Crippen LogP contribution in [0.25, 0.3) is 33.5 Å². The lowest BCUT2D eigenvalue weighted by Gasteiger charge is -2.12. The molecule has 0 atom stereocenters. The number of Topliss-reactive ketones (excluding diaryl/α,β-unsaturated/α-hetero) is 1. The van der Waals surface area contributed by atoms with Crippen LogP contribution in [0.15, 0.2) is 84.9 Å². The average molecular weight is 573 g/mol. The molecule has 0 unspecified atom stereocenters. The van der Waals surface area contributed by atoms with E-state index in [4.69, 9.17) is 47.4 Å². The summed E-state index contributed by atoms with van der Waals surface area (Å²) < 4.78 is 15.9. The molecule has 0 N–H and O–H groups in total. The second-order valence-electron chi connectivity index (χ2n) is 8.71. The Balaban J connectivity index is 1.47. The van der Waals surface area contributed by atoms with E-state index in [-0.39, 0.29) is 10.6 Å². The summed E-state index contributed by atoms with van der Waals surface area (Å²) in [6, 6.07) is 24.4. The number of fused-ring (bicyclic) bond motifs is 1. The molecule has 5 rings (SSSR count). The fourth-order valence-corrected chi connectivity index (χ4v) is 4.35. The highest BCUT2D eigenvalue weighted by Gasteiger charge is 2.17. The Labute approximate surface area is 240 Å². The maximum atomic E-state index is 12.8. The van der Waals surface area contributed by atoms with Gasteiger partial charge in [-0.05, 0) is 84.9 Å². The third-order valence-corrected chi connectivity index (χ3v) is 6.94. The lowest BCUT2D eigenvalue weighted by Crippen LogP contribution is -2.14. The molecular weight excluding hydrogens is 551 g/mol. The fraction of sp³-hybridized carbons (Fsp3) is 0.0968. The zero-order chi connectivity index (χ0) is 28.2. The molecule has 0 fully saturated rings. The van der Waals surface area contributed by atoms with E-state index in [0.717, 1.165) is 16.9 Å². The van der Waals surface area contributed by atoms with Gasteiger partial charge in [0.2, 0.25) is 0 Å². The van der Waals surface area contributed by atoms with E-state index in [1.807, 2.05) is 48.5 Å². The van der Waals surface area contributed by atoms with Crippen molar-refractivity contribution in [2.24, 2.45) is 0 Å². The zero-order valence-electron chi connectivity index (χ0n) is 21.5. The number of halogens is 2. The molecule has 0 saturated heterocycles. The van der Waals surface area contributed by atoms with Gasteiger partial charge in [0.05, 0.1) is 52.2 Å². The number of hydrogen-bond acceptors (Lipinski definition) is 7. The van der Waals surface area contributed by atoms with Crippen molar-refractivity contribution in [3.05, 3.63) is 106 Å². The lowest BCUT2D eigenvalue weighted by molar-refractivity contribution is 0.0475. The third-order valence-electron chi connectivity index (χ3n) is 6.20. The number of methoxy groups -OCH3 is 2. The number of nitrogens with zero attached hydrogens (tertiary/aromatic N) is 2. The Bertz CT molecular complexity index is 1720. The second kappa shape index (κ2) is 11.7. The first kappa shape index (κ1) is 27.1. The predicted molar refractivity (Wildman–Crippen MR) is 155 cm³/mol. The Hall–Kier alpha value is -4.46. The molecule has 40 heavy (non-hydrogen) atoms. The number of aromatic nitrogens is 2. The van der Waals surface area contributed by atoms with Crippen LogP contribution in [-0.2, 0) is 4.74 Å². The van der Waals surface area contributed by atoms with E-state index in [2.05, 4.69) is 0 Å². The van der Waals surface area contributed by atoms with E-state index in [1.165, 1.54) is 18.2 Å². The lowest BCUT2D eigenvalue weighted by atomic mass is 10.0. The topological polar surface area (TPSA) is 87.6 Å². The highest BCUT2D eigenvalue weighted by Crippen LogP contribution is 2.33. The van der Waals surface area contributed by atoms with Crippen molar-refractivity contribution >= 4 is 46.0 Å². The summed E-state index contributed by atoms with van der Waals surface area (Å²) in [7, 11) is 3.21. The SMILES string of the molecule is COc1ccc(-c2nc3ccc(C(=O)OCC(=O)c4ccc(Cl)c(Cl)c4)cc3nc2-c2ccc(OC)cc2)cc1. The average Bonchev–Trinajstić information content (AvgIpc) is 3.00. The van der Waals surface area contributed by atoms with Crippen molar-refractivity contribution in [3.63, 3.8) is 0 Å². The Kier molecular flexibility index (Phi) is 7.96. The van der Waals surface area contributed by atoms with Crippen LogP contribution in [0.1, 0.15) is 20.7 Å². The summed E-state index contributed by atoms with van der Waals surface area (Å²) in [5.41, 5.74) is 4.58. The minimum absolute atomic E-state index is 0.238. The van der Waals surface area contributed by atoms with Gasteiger partial charge in [-0.25, -0.2) is 14.8 Å². The summed E-state index contributed by atoms with van der Waals surface area (Å²) in [5.74, 6) is 0.369. The number of carbonyl (C=O) groups excluding carboxylic acids is 2. The van der Waals surface area contributed by atoms with Crippen molar-refractivity contribution < 1.29 is 23.8 Å². The van der Waals surface area contributed by atoms with Gasteiger partial charge < -0.3 is 14.2 Å². The maximum absolute atomic E-state index is 12.8. The number of rotatable bonds is 8. The first-order chi connectivity index (χ1) is 19.4. The smallest absolute Gasteiger partial charge is 0.338 e. The Morgan fingerprint density at radius 3 is 1.75 bits per heavy atom. The molecule has 1 heterocycles. The first-order valence-corrected chi connectivity index (χ1v) is 12.9. The molecule has 0 amide bonds. The van der Waals surface area contributed by atoms with Crippen molar-refractivity contribution in [2.75, 3.05) is 20.8 Å². The molecule has 0 aliphatic carbocycles. The van der Waals surface area contributed by atoms with E-state index in [9.17, 15) is 9.59 Å². The van der Waals surface area contributed by atoms with Gasteiger partial charge in [0.25, 0.3) is 0 Å². The number of esters is 1. The summed E-state index contributed by atoms with van der Waals surface area (Å²) in [5, 5.41) is 0.574. The molecule has 1 aromatic heterocycles. The molecule has 200 valence electrons. The monoisotopic (exact) mass is 572 g/mol. The van der Waals surface area contributed by atoms with Gasteiger partial charge in [0.15, 0.2) is 12.4 Å². The molecule has 0 radical (unpaired) electrons. The zero-order valence-corrected chi connectivity index (χ0v) is 23.0. The Morgan fingerprint density at radius 2 is 1.20 bits per heavy atom. The molecule has 0 bridgehead atoms. The molecule has 0 saturated carbocycles. The van der Waals surface area contributed by atoms with Crippen LogP contribution < -0.4 is 9.47 Å². The second-order valence-corrected chi connectivity index (χ2v) is 9.52. The molecule has 0 aliphatic heterocycles. The van der Waals surface area contributed by atoms with Crippen molar-refractivity contribution in [2.45, 2.75) is 0 Å². The van der Waals surface area contributed by atoms with Crippen LogP contribution in [0.4, 0.5) is 0 Å². The molecule has 7 nitrogen and oxygen atoms in total. The van der Waals surface area contributed by atoms with Crippen molar-refractivity contribution in [1.29, 1.82) is 0 Å². The normalized spacial score (nSPS) is 10.8. The number of ketones is 1. The van der Waals surface area contributed by atoms with Crippen LogP contribution >= 0.6 is 23.2 Å². The van der Waals surface area contributed by atoms with Gasteiger partial charge in [0, 0.05) is 16.7 Å². The predicted octanol–water partition coefficient (Wildman–Crippen LogP) is 7.33.